The van der Waals surface area contributed by atoms with Crippen LogP contribution in [0.15, 0.2) is 0 Å². The number of nitrogens with two attached hydrogens (primary N) is 1. The molecule has 5 atom stereocenters. The maximum Gasteiger partial charge on any atom is 0.0159 e. The van der Waals surface area contributed by atoms with Gasteiger partial charge in [0.1, 0.15) is 0 Å². The summed E-state index contributed by atoms with van der Waals surface area (Å²) in [5.41, 5.74) is 7.00. The minimum absolute atomic E-state index is 0.197. The molecule has 0 aromatic rings. The smallest absolute Gasteiger partial charge is 0.0159 e. The topological polar surface area (TPSA) is 26.0 Å². The minimum Gasteiger partial charge on any atom is -0.325 e. The van der Waals surface area contributed by atoms with Crippen molar-refractivity contribution in [3.8, 4) is 0 Å². The maximum atomic E-state index is 6.80. The van der Waals surface area contributed by atoms with Crippen LogP contribution in [0, 0.1) is 29.6 Å². The molecule has 0 heterocycles. The van der Waals surface area contributed by atoms with Crippen molar-refractivity contribution in [1.82, 2.24) is 0 Å². The molecular formula is C17H31N. The van der Waals surface area contributed by atoms with E-state index in [0.29, 0.717) is 0 Å². The van der Waals surface area contributed by atoms with Gasteiger partial charge in [0.2, 0.25) is 0 Å². The molecule has 0 aromatic heterocycles. The highest BCUT2D eigenvalue weighted by atomic mass is 14.8. The summed E-state index contributed by atoms with van der Waals surface area (Å²) in [6.07, 6.45) is 12.8. The Hall–Kier alpha value is -0.0400. The molecular weight excluding hydrogens is 218 g/mol. The molecule has 0 aromatic carbocycles. The molecule has 3 fully saturated rings. The van der Waals surface area contributed by atoms with Gasteiger partial charge in [-0.25, -0.2) is 0 Å². The lowest BCUT2D eigenvalue weighted by atomic mass is 9.67. The van der Waals surface area contributed by atoms with Crippen molar-refractivity contribution in [1.29, 1.82) is 0 Å². The Morgan fingerprint density at radius 1 is 1.17 bits per heavy atom. The van der Waals surface area contributed by atoms with Crippen molar-refractivity contribution in [3.63, 3.8) is 0 Å². The van der Waals surface area contributed by atoms with Crippen LogP contribution in [0.25, 0.3) is 0 Å². The first-order valence-corrected chi connectivity index (χ1v) is 8.34. The van der Waals surface area contributed by atoms with Crippen LogP contribution in [0.3, 0.4) is 0 Å². The predicted octanol–water partition coefficient (Wildman–Crippen LogP) is 4.36. The number of hydrogen-bond donors (Lipinski definition) is 1. The molecule has 5 unspecified atom stereocenters. The third-order valence-corrected chi connectivity index (χ3v) is 6.41. The van der Waals surface area contributed by atoms with Crippen LogP contribution >= 0.6 is 0 Å². The summed E-state index contributed by atoms with van der Waals surface area (Å²) in [6, 6.07) is 0. The standard InChI is InChI=1S/C17H31N/c1-12(2)15-4-3-7-17(18,10-15)11-16-9-13-5-6-14(16)8-13/h12-16H,3-11,18H2,1-2H3. The van der Waals surface area contributed by atoms with Crippen molar-refractivity contribution in [3.05, 3.63) is 0 Å². The molecule has 0 amide bonds. The summed E-state index contributed by atoms with van der Waals surface area (Å²) in [4.78, 5) is 0. The fraction of sp³-hybridized carbons (Fsp3) is 1.00. The lowest BCUT2D eigenvalue weighted by molar-refractivity contribution is 0.139. The van der Waals surface area contributed by atoms with Crippen molar-refractivity contribution >= 4 is 0 Å². The number of rotatable bonds is 3. The van der Waals surface area contributed by atoms with E-state index in [-0.39, 0.29) is 5.54 Å². The minimum atomic E-state index is 0.197. The van der Waals surface area contributed by atoms with Gasteiger partial charge in [0.05, 0.1) is 0 Å². The second kappa shape index (κ2) is 4.81. The third-order valence-electron chi connectivity index (χ3n) is 6.41. The van der Waals surface area contributed by atoms with Gasteiger partial charge in [0.25, 0.3) is 0 Å². The van der Waals surface area contributed by atoms with Crippen LogP contribution in [0.5, 0.6) is 0 Å². The van der Waals surface area contributed by atoms with Crippen molar-refractivity contribution in [2.24, 2.45) is 35.3 Å². The Labute approximate surface area is 113 Å². The quantitative estimate of drug-likeness (QED) is 0.790. The molecule has 3 aliphatic carbocycles. The Bertz CT molecular complexity index is 298. The first kappa shape index (κ1) is 13.0. The number of hydrogen-bond acceptors (Lipinski definition) is 1. The SMILES string of the molecule is CC(C)C1CCCC(N)(CC2CC3CCC2C3)C1. The Kier molecular flexibility index (Phi) is 3.47. The van der Waals surface area contributed by atoms with Gasteiger partial charge in [-0.05, 0) is 68.1 Å². The molecule has 0 radical (unpaired) electrons. The highest BCUT2D eigenvalue weighted by molar-refractivity contribution is 4.98. The van der Waals surface area contributed by atoms with Gasteiger partial charge in [-0.3, -0.25) is 0 Å². The predicted molar refractivity (Wildman–Crippen MR) is 77.3 cm³/mol. The molecule has 1 nitrogen and oxygen atoms in total. The molecule has 3 rings (SSSR count). The van der Waals surface area contributed by atoms with E-state index in [1.807, 2.05) is 0 Å². The van der Waals surface area contributed by atoms with Crippen LogP contribution in [-0.4, -0.2) is 5.54 Å². The van der Waals surface area contributed by atoms with Gasteiger partial charge in [-0.15, -0.1) is 0 Å². The Morgan fingerprint density at radius 2 is 2.00 bits per heavy atom. The van der Waals surface area contributed by atoms with E-state index < -0.39 is 0 Å². The van der Waals surface area contributed by atoms with E-state index in [9.17, 15) is 0 Å². The van der Waals surface area contributed by atoms with Gasteiger partial charge < -0.3 is 5.73 Å². The summed E-state index contributed by atoms with van der Waals surface area (Å²) in [7, 11) is 0. The largest absolute Gasteiger partial charge is 0.325 e. The summed E-state index contributed by atoms with van der Waals surface area (Å²) >= 11 is 0. The van der Waals surface area contributed by atoms with Crippen LogP contribution in [-0.2, 0) is 0 Å². The van der Waals surface area contributed by atoms with Crippen molar-refractivity contribution in [2.45, 2.75) is 77.2 Å². The van der Waals surface area contributed by atoms with E-state index in [1.54, 1.807) is 0 Å². The average Bonchev–Trinajstić information content (AvgIpc) is 2.90. The van der Waals surface area contributed by atoms with E-state index in [0.717, 1.165) is 29.6 Å². The fourth-order valence-electron chi connectivity index (χ4n) is 5.35. The highest BCUT2D eigenvalue weighted by Crippen LogP contribution is 2.52. The summed E-state index contributed by atoms with van der Waals surface area (Å²) < 4.78 is 0. The zero-order valence-electron chi connectivity index (χ0n) is 12.3. The van der Waals surface area contributed by atoms with E-state index in [1.165, 1.54) is 57.8 Å². The molecule has 3 aliphatic rings. The van der Waals surface area contributed by atoms with Gasteiger partial charge in [-0.1, -0.05) is 33.1 Å². The van der Waals surface area contributed by atoms with Crippen LogP contribution in [0.1, 0.15) is 71.6 Å². The zero-order valence-corrected chi connectivity index (χ0v) is 12.3. The molecule has 104 valence electrons. The van der Waals surface area contributed by atoms with Gasteiger partial charge >= 0.3 is 0 Å². The lowest BCUT2D eigenvalue weighted by Crippen LogP contribution is -2.47. The van der Waals surface area contributed by atoms with Crippen LogP contribution in [0.2, 0.25) is 0 Å². The molecule has 2 N–H and O–H groups in total. The first-order valence-electron chi connectivity index (χ1n) is 8.34. The molecule has 0 saturated heterocycles. The third kappa shape index (κ3) is 2.48. The second-order valence-corrected chi connectivity index (χ2v) is 8.10. The highest BCUT2D eigenvalue weighted by Gasteiger charge is 2.44. The lowest BCUT2D eigenvalue weighted by Gasteiger charge is -2.42. The maximum absolute atomic E-state index is 6.80. The average molecular weight is 249 g/mol. The van der Waals surface area contributed by atoms with E-state index in [2.05, 4.69) is 13.8 Å². The van der Waals surface area contributed by atoms with Gasteiger partial charge in [0.15, 0.2) is 0 Å². The second-order valence-electron chi connectivity index (χ2n) is 8.10. The van der Waals surface area contributed by atoms with Crippen LogP contribution < -0.4 is 5.73 Å². The normalized spacial score (nSPS) is 48.0. The van der Waals surface area contributed by atoms with Gasteiger partial charge in [0, 0.05) is 5.54 Å². The molecule has 1 heteroatoms. The summed E-state index contributed by atoms with van der Waals surface area (Å²) in [5, 5.41) is 0. The summed E-state index contributed by atoms with van der Waals surface area (Å²) in [5.74, 6) is 4.83. The molecule has 3 saturated carbocycles. The molecule has 2 bridgehead atoms. The summed E-state index contributed by atoms with van der Waals surface area (Å²) in [6.45, 7) is 4.77. The monoisotopic (exact) mass is 249 g/mol. The number of fused-ring (bicyclic) bond motifs is 2. The van der Waals surface area contributed by atoms with Crippen molar-refractivity contribution < 1.29 is 0 Å². The zero-order chi connectivity index (χ0) is 12.8. The Morgan fingerprint density at radius 3 is 2.61 bits per heavy atom. The fourth-order valence-corrected chi connectivity index (χ4v) is 5.35. The van der Waals surface area contributed by atoms with Gasteiger partial charge in [-0.2, -0.15) is 0 Å². The van der Waals surface area contributed by atoms with E-state index >= 15 is 0 Å². The molecule has 18 heavy (non-hydrogen) atoms. The molecule has 0 spiro atoms. The Balaban J connectivity index is 1.60. The van der Waals surface area contributed by atoms with Crippen molar-refractivity contribution in [2.75, 3.05) is 0 Å². The van der Waals surface area contributed by atoms with Crippen LogP contribution in [0.4, 0.5) is 0 Å². The van der Waals surface area contributed by atoms with E-state index in [4.69, 9.17) is 5.73 Å². The molecule has 0 aliphatic heterocycles. The first-order chi connectivity index (χ1) is 8.56.